The van der Waals surface area contributed by atoms with Crippen LogP contribution in [0.4, 0.5) is 23.1 Å². The molecule has 0 amide bonds. The number of carbonyl (C=O) groups excluding carboxylic acids is 1. The molecule has 3 aromatic rings. The molecule has 0 saturated heterocycles. The molecule has 0 radical (unpaired) electrons. The molecule has 10 nitrogen and oxygen atoms in total. The average Bonchev–Trinajstić information content (AvgIpc) is 3.36. The first-order chi connectivity index (χ1) is 16.5. The molecule has 2 aromatic carbocycles. The van der Waals surface area contributed by atoms with Crippen LogP contribution in [-0.4, -0.2) is 34.0 Å². The van der Waals surface area contributed by atoms with Crippen molar-refractivity contribution in [2.24, 2.45) is 0 Å². The Morgan fingerprint density at radius 2 is 1.94 bits per heavy atom. The third-order valence-electron chi connectivity index (χ3n) is 5.56. The SMILES string of the molecule is COc1cc(C(=O)OCc2ccccc2)ccc1Nc1ncc([N+](=O)[O-])c(NC2CCCC2)n1. The minimum atomic E-state index is -0.502. The van der Waals surface area contributed by atoms with Crippen LogP contribution in [0.25, 0.3) is 0 Å². The number of anilines is 3. The highest BCUT2D eigenvalue weighted by Crippen LogP contribution is 2.31. The third-order valence-corrected chi connectivity index (χ3v) is 5.56. The van der Waals surface area contributed by atoms with E-state index in [1.165, 1.54) is 13.3 Å². The van der Waals surface area contributed by atoms with Crippen LogP contribution in [0.3, 0.4) is 0 Å². The highest BCUT2D eigenvalue weighted by molar-refractivity contribution is 5.91. The fraction of sp³-hybridized carbons (Fsp3) is 0.292. The molecule has 34 heavy (non-hydrogen) atoms. The Hall–Kier alpha value is -4.21. The predicted molar refractivity (Wildman–Crippen MR) is 126 cm³/mol. The van der Waals surface area contributed by atoms with Gasteiger partial charge in [0.2, 0.25) is 11.8 Å². The maximum absolute atomic E-state index is 12.5. The van der Waals surface area contributed by atoms with Gasteiger partial charge in [0, 0.05) is 6.04 Å². The number of hydrogen-bond acceptors (Lipinski definition) is 9. The average molecular weight is 463 g/mol. The van der Waals surface area contributed by atoms with Crippen LogP contribution in [0.1, 0.15) is 41.6 Å². The topological polar surface area (TPSA) is 129 Å². The molecule has 1 saturated carbocycles. The van der Waals surface area contributed by atoms with Gasteiger partial charge in [-0.3, -0.25) is 10.1 Å². The number of methoxy groups -OCH3 is 1. The summed E-state index contributed by atoms with van der Waals surface area (Å²) >= 11 is 0. The number of nitrogens with one attached hydrogen (secondary N) is 2. The monoisotopic (exact) mass is 463 g/mol. The van der Waals surface area contributed by atoms with Gasteiger partial charge in [0.05, 0.1) is 23.3 Å². The van der Waals surface area contributed by atoms with E-state index in [9.17, 15) is 14.9 Å². The number of nitrogens with zero attached hydrogens (tertiary/aromatic N) is 3. The normalized spacial score (nSPS) is 13.3. The van der Waals surface area contributed by atoms with Gasteiger partial charge < -0.3 is 20.1 Å². The number of esters is 1. The predicted octanol–water partition coefficient (Wildman–Crippen LogP) is 4.85. The van der Waals surface area contributed by atoms with Crippen molar-refractivity contribution in [3.8, 4) is 5.75 Å². The van der Waals surface area contributed by atoms with E-state index in [-0.39, 0.29) is 30.1 Å². The number of hydrogen-bond donors (Lipinski definition) is 2. The van der Waals surface area contributed by atoms with Crippen LogP contribution in [0.15, 0.2) is 54.7 Å². The highest BCUT2D eigenvalue weighted by Gasteiger charge is 2.23. The summed E-state index contributed by atoms with van der Waals surface area (Å²) in [5.41, 5.74) is 1.54. The molecule has 1 aliphatic rings. The lowest BCUT2D eigenvalue weighted by Gasteiger charge is -2.15. The van der Waals surface area contributed by atoms with E-state index in [0.717, 1.165) is 31.2 Å². The smallest absolute Gasteiger partial charge is 0.338 e. The lowest BCUT2D eigenvalue weighted by molar-refractivity contribution is -0.384. The van der Waals surface area contributed by atoms with Crippen LogP contribution >= 0.6 is 0 Å². The molecule has 0 atom stereocenters. The summed E-state index contributed by atoms with van der Waals surface area (Å²) < 4.78 is 10.8. The van der Waals surface area contributed by atoms with Crippen LogP contribution in [0.2, 0.25) is 0 Å². The zero-order valence-electron chi connectivity index (χ0n) is 18.7. The Balaban J connectivity index is 1.49. The van der Waals surface area contributed by atoms with Crippen molar-refractivity contribution >= 4 is 29.1 Å². The molecule has 1 heterocycles. The number of rotatable bonds is 9. The summed E-state index contributed by atoms with van der Waals surface area (Å²) in [7, 11) is 1.48. The third kappa shape index (κ3) is 5.58. The minimum absolute atomic E-state index is 0.150. The molecule has 176 valence electrons. The number of carbonyl (C=O) groups is 1. The second-order valence-electron chi connectivity index (χ2n) is 7.91. The van der Waals surface area contributed by atoms with Crippen molar-refractivity contribution in [1.82, 2.24) is 9.97 Å². The molecular formula is C24H25N5O5. The van der Waals surface area contributed by atoms with E-state index in [2.05, 4.69) is 20.6 Å². The van der Waals surface area contributed by atoms with Gasteiger partial charge in [-0.15, -0.1) is 0 Å². The second kappa shape index (κ2) is 10.6. The first kappa shape index (κ1) is 23.0. The van der Waals surface area contributed by atoms with Gasteiger partial charge in [0.1, 0.15) is 18.6 Å². The van der Waals surface area contributed by atoms with Gasteiger partial charge in [0.25, 0.3) is 0 Å². The molecule has 10 heteroatoms. The summed E-state index contributed by atoms with van der Waals surface area (Å²) in [6.45, 7) is 0.162. The summed E-state index contributed by atoms with van der Waals surface area (Å²) in [5.74, 6) is 0.239. The van der Waals surface area contributed by atoms with Crippen LogP contribution < -0.4 is 15.4 Å². The van der Waals surface area contributed by atoms with Gasteiger partial charge >= 0.3 is 11.7 Å². The highest BCUT2D eigenvalue weighted by atomic mass is 16.6. The molecule has 0 bridgehead atoms. The van der Waals surface area contributed by atoms with E-state index in [4.69, 9.17) is 9.47 Å². The molecular weight excluding hydrogens is 438 g/mol. The molecule has 2 N–H and O–H groups in total. The van der Waals surface area contributed by atoms with Crippen LogP contribution in [0, 0.1) is 10.1 Å². The first-order valence-corrected chi connectivity index (χ1v) is 11.0. The number of aromatic nitrogens is 2. The Labute approximate surface area is 196 Å². The van der Waals surface area contributed by atoms with Crippen LogP contribution in [-0.2, 0) is 11.3 Å². The Bertz CT molecular complexity index is 1170. The van der Waals surface area contributed by atoms with Gasteiger partial charge in [-0.1, -0.05) is 43.2 Å². The minimum Gasteiger partial charge on any atom is -0.495 e. The van der Waals surface area contributed by atoms with Crippen molar-refractivity contribution in [3.63, 3.8) is 0 Å². The zero-order chi connectivity index (χ0) is 23.9. The van der Waals surface area contributed by atoms with Crippen LogP contribution in [0.5, 0.6) is 5.75 Å². The van der Waals surface area contributed by atoms with Gasteiger partial charge in [0.15, 0.2) is 0 Å². The Morgan fingerprint density at radius 1 is 1.18 bits per heavy atom. The van der Waals surface area contributed by atoms with Crippen molar-refractivity contribution < 1.29 is 19.2 Å². The van der Waals surface area contributed by atoms with E-state index < -0.39 is 10.9 Å². The Morgan fingerprint density at radius 3 is 2.65 bits per heavy atom. The number of benzene rings is 2. The van der Waals surface area contributed by atoms with Gasteiger partial charge in [-0.25, -0.2) is 9.78 Å². The zero-order valence-corrected chi connectivity index (χ0v) is 18.7. The van der Waals surface area contributed by atoms with Gasteiger partial charge in [-0.05, 0) is 36.6 Å². The quantitative estimate of drug-likeness (QED) is 0.260. The second-order valence-corrected chi connectivity index (χ2v) is 7.91. The van der Waals surface area contributed by atoms with E-state index in [1.54, 1.807) is 18.2 Å². The van der Waals surface area contributed by atoms with Crippen molar-refractivity contribution in [1.29, 1.82) is 0 Å². The molecule has 1 aromatic heterocycles. The fourth-order valence-corrected chi connectivity index (χ4v) is 3.79. The summed E-state index contributed by atoms with van der Waals surface area (Å²) in [4.78, 5) is 31.8. The fourth-order valence-electron chi connectivity index (χ4n) is 3.79. The van der Waals surface area contributed by atoms with Crippen molar-refractivity contribution in [3.05, 3.63) is 76.0 Å². The molecule has 1 aliphatic carbocycles. The molecule has 0 unspecified atom stereocenters. The molecule has 0 aliphatic heterocycles. The Kier molecular flexibility index (Phi) is 7.16. The van der Waals surface area contributed by atoms with Crippen molar-refractivity contribution in [2.45, 2.75) is 38.3 Å². The largest absolute Gasteiger partial charge is 0.495 e. The van der Waals surface area contributed by atoms with Crippen molar-refractivity contribution in [2.75, 3.05) is 17.7 Å². The standard InChI is InChI=1S/C24H25N5O5/c1-33-21-13-17(23(30)34-15-16-7-3-2-4-8-16)11-12-19(21)27-24-25-14-20(29(31)32)22(28-24)26-18-9-5-6-10-18/h2-4,7-8,11-14,18H,5-6,9-10,15H2,1H3,(H2,25,26,27,28). The lowest BCUT2D eigenvalue weighted by Crippen LogP contribution is -2.17. The summed E-state index contributed by atoms with van der Waals surface area (Å²) in [6, 6.07) is 14.3. The summed E-state index contributed by atoms with van der Waals surface area (Å²) in [5, 5.41) is 17.6. The molecule has 0 spiro atoms. The molecule has 4 rings (SSSR count). The van der Waals surface area contributed by atoms with E-state index in [1.807, 2.05) is 30.3 Å². The number of nitro groups is 1. The van der Waals surface area contributed by atoms with E-state index in [0.29, 0.717) is 17.0 Å². The lowest BCUT2D eigenvalue weighted by atomic mass is 10.2. The maximum Gasteiger partial charge on any atom is 0.338 e. The molecule has 1 fully saturated rings. The maximum atomic E-state index is 12.5. The number of ether oxygens (including phenoxy) is 2. The summed E-state index contributed by atoms with van der Waals surface area (Å²) in [6.07, 6.45) is 5.23. The first-order valence-electron chi connectivity index (χ1n) is 11.0. The van der Waals surface area contributed by atoms with E-state index >= 15 is 0 Å². The van der Waals surface area contributed by atoms with Gasteiger partial charge in [-0.2, -0.15) is 4.98 Å².